The van der Waals surface area contributed by atoms with E-state index >= 15 is 0 Å². The third-order valence-electron chi connectivity index (χ3n) is 5.17. The van der Waals surface area contributed by atoms with Gasteiger partial charge in [0.1, 0.15) is 5.82 Å². The number of rotatable bonds is 4. The molecule has 1 N–H and O–H groups in total. The first-order valence-corrected chi connectivity index (χ1v) is 9.57. The highest BCUT2D eigenvalue weighted by Gasteiger charge is 2.23. The van der Waals surface area contributed by atoms with Crippen molar-refractivity contribution in [3.63, 3.8) is 0 Å². The molecule has 1 saturated heterocycles. The normalized spacial score (nSPS) is 15.2. The first-order valence-electron chi connectivity index (χ1n) is 9.57. The van der Waals surface area contributed by atoms with Gasteiger partial charge in [0.2, 0.25) is 0 Å². The minimum atomic E-state index is -0.168. The molecule has 0 aliphatic carbocycles. The molecule has 0 saturated carbocycles. The predicted molar refractivity (Wildman–Crippen MR) is 108 cm³/mol. The number of anilines is 1. The molecule has 1 aliphatic rings. The Morgan fingerprint density at radius 3 is 2.44 bits per heavy atom. The number of para-hydroxylation sites is 1. The zero-order valence-electron chi connectivity index (χ0n) is 16.3. The van der Waals surface area contributed by atoms with Crippen molar-refractivity contribution in [1.29, 1.82) is 0 Å². The van der Waals surface area contributed by atoms with Gasteiger partial charge in [0, 0.05) is 44.0 Å². The third-order valence-corrected chi connectivity index (χ3v) is 5.17. The molecule has 0 radical (unpaired) electrons. The molecule has 0 aromatic heterocycles. The molecule has 0 bridgehead atoms. The number of carbonyl (C=O) groups excluding carboxylic acids is 1. The van der Waals surface area contributed by atoms with E-state index in [9.17, 15) is 9.18 Å². The number of nitrogens with one attached hydrogen (secondary N) is 1. The number of piperazine rings is 1. The van der Waals surface area contributed by atoms with Gasteiger partial charge in [-0.2, -0.15) is 0 Å². The molecule has 2 aromatic carbocycles. The Labute approximate surface area is 161 Å². The zero-order chi connectivity index (χ0) is 19.4. The summed E-state index contributed by atoms with van der Waals surface area (Å²) in [5.41, 5.74) is 3.86. The molecule has 1 aliphatic heterocycles. The summed E-state index contributed by atoms with van der Waals surface area (Å²) in [6.45, 7) is 9.63. The molecule has 2 aromatic rings. The molecule has 144 valence electrons. The van der Waals surface area contributed by atoms with Crippen LogP contribution in [0.4, 0.5) is 14.9 Å². The van der Waals surface area contributed by atoms with Crippen molar-refractivity contribution < 1.29 is 9.18 Å². The molecule has 0 spiro atoms. The Balaban J connectivity index is 1.59. The van der Waals surface area contributed by atoms with Crippen LogP contribution >= 0.6 is 0 Å². The fourth-order valence-corrected chi connectivity index (χ4v) is 3.50. The molecular formula is C22H28FN3O. The van der Waals surface area contributed by atoms with Crippen LogP contribution in [-0.4, -0.2) is 42.0 Å². The number of urea groups is 1. The SMILES string of the molecule is Cc1cccc(C(C)C)c1NC(=O)N1CCN(Cc2ccccc2F)CC1. The first-order chi connectivity index (χ1) is 13.0. The molecule has 27 heavy (non-hydrogen) atoms. The number of halogens is 1. The topological polar surface area (TPSA) is 35.6 Å². The van der Waals surface area contributed by atoms with Gasteiger partial charge in [-0.3, -0.25) is 4.90 Å². The second kappa shape index (κ2) is 8.53. The quantitative estimate of drug-likeness (QED) is 0.854. The number of aryl methyl sites for hydroxylation is 1. The van der Waals surface area contributed by atoms with Crippen LogP contribution in [0.2, 0.25) is 0 Å². The lowest BCUT2D eigenvalue weighted by atomic mass is 9.98. The maximum absolute atomic E-state index is 13.8. The van der Waals surface area contributed by atoms with E-state index in [0.717, 1.165) is 29.9 Å². The highest BCUT2D eigenvalue weighted by atomic mass is 19.1. The Bertz CT molecular complexity index is 798. The van der Waals surface area contributed by atoms with Gasteiger partial charge in [-0.05, 0) is 30.0 Å². The predicted octanol–water partition coefficient (Wildman–Crippen LogP) is 4.61. The van der Waals surface area contributed by atoms with Crippen LogP contribution in [-0.2, 0) is 6.54 Å². The van der Waals surface area contributed by atoms with E-state index in [1.165, 1.54) is 6.07 Å². The maximum atomic E-state index is 13.8. The van der Waals surface area contributed by atoms with Crippen molar-refractivity contribution >= 4 is 11.7 Å². The van der Waals surface area contributed by atoms with Crippen LogP contribution in [0.3, 0.4) is 0 Å². The summed E-state index contributed by atoms with van der Waals surface area (Å²) in [5.74, 6) is 0.177. The molecule has 2 amide bonds. The van der Waals surface area contributed by atoms with Crippen LogP contribution in [0.25, 0.3) is 0 Å². The van der Waals surface area contributed by atoms with Crippen molar-refractivity contribution in [3.8, 4) is 0 Å². The van der Waals surface area contributed by atoms with Crippen molar-refractivity contribution in [1.82, 2.24) is 9.80 Å². The number of carbonyl (C=O) groups is 1. The zero-order valence-corrected chi connectivity index (χ0v) is 16.3. The van der Waals surface area contributed by atoms with Crippen LogP contribution in [0.5, 0.6) is 0 Å². The number of hydrogen-bond acceptors (Lipinski definition) is 2. The molecule has 4 nitrogen and oxygen atoms in total. The van der Waals surface area contributed by atoms with E-state index in [1.54, 1.807) is 6.07 Å². The average molecular weight is 369 g/mol. The third kappa shape index (κ3) is 4.66. The summed E-state index contributed by atoms with van der Waals surface area (Å²) in [4.78, 5) is 16.8. The monoisotopic (exact) mass is 369 g/mol. The van der Waals surface area contributed by atoms with Gasteiger partial charge in [0.25, 0.3) is 0 Å². The standard InChI is InChI=1S/C22H28FN3O/c1-16(2)19-9-6-7-17(3)21(19)24-22(27)26-13-11-25(12-14-26)15-18-8-4-5-10-20(18)23/h4-10,16H,11-15H2,1-3H3,(H,24,27). The number of hydrogen-bond donors (Lipinski definition) is 1. The van der Waals surface area contributed by atoms with Gasteiger partial charge in [0.05, 0.1) is 0 Å². The lowest BCUT2D eigenvalue weighted by Crippen LogP contribution is -2.49. The maximum Gasteiger partial charge on any atom is 0.321 e. The lowest BCUT2D eigenvalue weighted by molar-refractivity contribution is 0.142. The van der Waals surface area contributed by atoms with E-state index in [0.29, 0.717) is 31.1 Å². The molecule has 1 fully saturated rings. The minimum absolute atomic E-state index is 0.0586. The van der Waals surface area contributed by atoms with Crippen LogP contribution in [0.1, 0.15) is 36.5 Å². The number of benzene rings is 2. The van der Waals surface area contributed by atoms with Crippen molar-refractivity contribution in [2.24, 2.45) is 0 Å². The van der Waals surface area contributed by atoms with Crippen molar-refractivity contribution in [2.75, 3.05) is 31.5 Å². The number of nitrogens with zero attached hydrogens (tertiary/aromatic N) is 2. The van der Waals surface area contributed by atoms with E-state index in [1.807, 2.05) is 36.1 Å². The molecule has 1 heterocycles. The van der Waals surface area contributed by atoms with Gasteiger partial charge in [0.15, 0.2) is 0 Å². The van der Waals surface area contributed by atoms with E-state index < -0.39 is 0 Å². The molecule has 3 rings (SSSR count). The Morgan fingerprint density at radius 2 is 1.78 bits per heavy atom. The fourth-order valence-electron chi connectivity index (χ4n) is 3.50. The highest BCUT2D eigenvalue weighted by Crippen LogP contribution is 2.27. The Hall–Kier alpha value is -2.40. The van der Waals surface area contributed by atoms with E-state index in [2.05, 4.69) is 30.1 Å². The Morgan fingerprint density at radius 1 is 1.07 bits per heavy atom. The van der Waals surface area contributed by atoms with Gasteiger partial charge in [-0.15, -0.1) is 0 Å². The largest absolute Gasteiger partial charge is 0.322 e. The second-order valence-corrected chi connectivity index (χ2v) is 7.48. The molecule has 0 atom stereocenters. The van der Waals surface area contributed by atoms with Gasteiger partial charge in [-0.1, -0.05) is 50.2 Å². The highest BCUT2D eigenvalue weighted by molar-refractivity contribution is 5.91. The van der Waals surface area contributed by atoms with Crippen LogP contribution in [0, 0.1) is 12.7 Å². The molecule has 5 heteroatoms. The molecular weight excluding hydrogens is 341 g/mol. The second-order valence-electron chi connectivity index (χ2n) is 7.48. The van der Waals surface area contributed by atoms with Crippen molar-refractivity contribution in [3.05, 3.63) is 65.0 Å². The van der Waals surface area contributed by atoms with E-state index in [4.69, 9.17) is 0 Å². The van der Waals surface area contributed by atoms with Gasteiger partial charge < -0.3 is 10.2 Å². The summed E-state index contributed by atoms with van der Waals surface area (Å²) >= 11 is 0. The summed E-state index contributed by atoms with van der Waals surface area (Å²) in [6, 6.07) is 12.9. The summed E-state index contributed by atoms with van der Waals surface area (Å²) < 4.78 is 13.8. The van der Waals surface area contributed by atoms with E-state index in [-0.39, 0.29) is 11.8 Å². The fraction of sp³-hybridized carbons (Fsp3) is 0.409. The van der Waals surface area contributed by atoms with Gasteiger partial charge >= 0.3 is 6.03 Å². The average Bonchev–Trinajstić information content (AvgIpc) is 2.65. The van der Waals surface area contributed by atoms with Crippen LogP contribution in [0.15, 0.2) is 42.5 Å². The molecule has 0 unspecified atom stereocenters. The summed E-state index contributed by atoms with van der Waals surface area (Å²) in [5, 5.41) is 3.11. The summed E-state index contributed by atoms with van der Waals surface area (Å²) in [6.07, 6.45) is 0. The number of amides is 2. The van der Waals surface area contributed by atoms with Crippen molar-refractivity contribution in [2.45, 2.75) is 33.2 Å². The van der Waals surface area contributed by atoms with Crippen LogP contribution < -0.4 is 5.32 Å². The lowest BCUT2D eigenvalue weighted by Gasteiger charge is -2.35. The Kier molecular flexibility index (Phi) is 6.11. The first kappa shape index (κ1) is 19.4. The minimum Gasteiger partial charge on any atom is -0.322 e. The van der Waals surface area contributed by atoms with Gasteiger partial charge in [-0.25, -0.2) is 9.18 Å². The smallest absolute Gasteiger partial charge is 0.321 e. The summed E-state index contributed by atoms with van der Waals surface area (Å²) in [7, 11) is 0.